The van der Waals surface area contributed by atoms with Gasteiger partial charge in [0.15, 0.2) is 5.78 Å². The van der Waals surface area contributed by atoms with E-state index < -0.39 is 0 Å². The van der Waals surface area contributed by atoms with Crippen molar-refractivity contribution in [2.24, 2.45) is 0 Å². The zero-order valence-electron chi connectivity index (χ0n) is 13.5. The molecule has 0 aliphatic heterocycles. The Hall–Kier alpha value is -1.67. The highest BCUT2D eigenvalue weighted by atomic mass is 79.9. The number of carbonyl (C=O) groups is 1. The average molecular weight is 371 g/mol. The van der Waals surface area contributed by atoms with E-state index in [0.717, 1.165) is 16.5 Å². The maximum atomic E-state index is 12.6. The smallest absolute Gasteiger partial charge is 0.163 e. The Bertz CT molecular complexity index is 631. The molecule has 0 aliphatic carbocycles. The maximum absolute atomic E-state index is 12.6. The summed E-state index contributed by atoms with van der Waals surface area (Å²) in [5, 5.41) is 0. The first-order valence-electron chi connectivity index (χ1n) is 8.21. The molecule has 0 heterocycles. The number of allylic oxidation sites excluding steroid dienone is 2. The third-order valence-electron chi connectivity index (χ3n) is 3.92. The monoisotopic (exact) mass is 370 g/mol. The van der Waals surface area contributed by atoms with Gasteiger partial charge in [-0.2, -0.15) is 0 Å². The number of rotatable bonds is 8. The third-order valence-corrected chi connectivity index (χ3v) is 4.79. The molecule has 2 aromatic rings. The van der Waals surface area contributed by atoms with E-state index in [1.807, 2.05) is 48.5 Å². The lowest BCUT2D eigenvalue weighted by Crippen LogP contribution is -2.08. The molecule has 0 saturated carbocycles. The first kappa shape index (κ1) is 17.7. The quantitative estimate of drug-likeness (QED) is 0.382. The van der Waals surface area contributed by atoms with Crippen molar-refractivity contribution < 1.29 is 4.79 Å². The molecular formula is C21H23BrO. The molecule has 0 radical (unpaired) electrons. The largest absolute Gasteiger partial charge is 0.294 e. The molecule has 1 atom stereocenters. The lowest BCUT2D eigenvalue weighted by atomic mass is 9.91. The minimum absolute atomic E-state index is 0.0840. The summed E-state index contributed by atoms with van der Waals surface area (Å²) >= 11 is 3.72. The van der Waals surface area contributed by atoms with Crippen molar-refractivity contribution in [3.63, 3.8) is 0 Å². The number of unbranched alkanes of at least 4 members (excludes halogenated alkanes) is 2. The summed E-state index contributed by atoms with van der Waals surface area (Å²) in [5.41, 5.74) is 1.96. The molecule has 23 heavy (non-hydrogen) atoms. The Kier molecular flexibility index (Phi) is 7.28. The van der Waals surface area contributed by atoms with Gasteiger partial charge < -0.3 is 0 Å². The highest BCUT2D eigenvalue weighted by molar-refractivity contribution is 9.11. The second-order valence-corrected chi connectivity index (χ2v) is 6.60. The molecule has 2 heteroatoms. The van der Waals surface area contributed by atoms with Gasteiger partial charge in [-0.05, 0) is 16.5 Å². The van der Waals surface area contributed by atoms with Gasteiger partial charge in [0.2, 0.25) is 0 Å². The predicted octanol–water partition coefficient (Wildman–Crippen LogP) is 6.51. The summed E-state index contributed by atoms with van der Waals surface area (Å²) in [6, 6.07) is 19.8. The van der Waals surface area contributed by atoms with Crippen molar-refractivity contribution in [2.45, 2.75) is 38.5 Å². The summed E-state index contributed by atoms with van der Waals surface area (Å²) in [4.78, 5) is 12.6. The zero-order valence-corrected chi connectivity index (χ0v) is 15.1. The molecular weight excluding hydrogens is 348 g/mol. The van der Waals surface area contributed by atoms with Crippen LogP contribution in [0.2, 0.25) is 0 Å². The molecule has 0 aliphatic rings. The van der Waals surface area contributed by atoms with Crippen molar-refractivity contribution in [3.8, 4) is 0 Å². The van der Waals surface area contributed by atoms with Gasteiger partial charge in [-0.3, -0.25) is 4.79 Å². The molecule has 0 fully saturated rings. The molecule has 0 bridgehead atoms. The van der Waals surface area contributed by atoms with E-state index in [-0.39, 0.29) is 11.7 Å². The first-order valence-corrected chi connectivity index (χ1v) is 9.00. The third kappa shape index (κ3) is 5.47. The summed E-state index contributed by atoms with van der Waals surface area (Å²) in [7, 11) is 0. The highest BCUT2D eigenvalue weighted by Gasteiger charge is 2.19. The Balaban J connectivity index is 2.20. The van der Waals surface area contributed by atoms with E-state index in [4.69, 9.17) is 0 Å². The second-order valence-electron chi connectivity index (χ2n) is 5.69. The van der Waals surface area contributed by atoms with E-state index in [1.165, 1.54) is 18.4 Å². The van der Waals surface area contributed by atoms with Gasteiger partial charge >= 0.3 is 0 Å². The number of carbonyl (C=O) groups excluding carboxylic acids is 1. The molecule has 0 amide bonds. The van der Waals surface area contributed by atoms with Crippen LogP contribution < -0.4 is 0 Å². The van der Waals surface area contributed by atoms with E-state index >= 15 is 0 Å². The fourth-order valence-corrected chi connectivity index (χ4v) is 3.23. The van der Waals surface area contributed by atoms with Crippen LogP contribution in [-0.2, 0) is 0 Å². The van der Waals surface area contributed by atoms with Crippen molar-refractivity contribution in [3.05, 3.63) is 82.3 Å². The first-order chi connectivity index (χ1) is 11.2. The highest BCUT2D eigenvalue weighted by Crippen LogP contribution is 2.33. The van der Waals surface area contributed by atoms with Gasteiger partial charge in [0, 0.05) is 17.9 Å². The molecule has 0 aromatic heterocycles. The molecule has 0 unspecified atom stereocenters. The van der Waals surface area contributed by atoms with Crippen LogP contribution in [0.5, 0.6) is 0 Å². The van der Waals surface area contributed by atoms with Crippen LogP contribution in [0.4, 0.5) is 0 Å². The van der Waals surface area contributed by atoms with Crippen LogP contribution in [0.25, 0.3) is 0 Å². The maximum Gasteiger partial charge on any atom is 0.163 e. The Morgan fingerprint density at radius 1 is 1.04 bits per heavy atom. The second kappa shape index (κ2) is 9.46. The summed E-state index contributed by atoms with van der Waals surface area (Å²) in [6.07, 6.45) is 6.09. The standard InChI is InChI=1S/C21H23BrO/c1-2-3-6-15-20(22)19(17-11-7-4-8-12-17)16-21(23)18-13-9-5-10-14-18/h4-5,7-15,19H,2-3,6,16H2,1H3/b20-15-/t19-/m1/s1. The fraction of sp³-hybridized carbons (Fsp3) is 0.286. The molecule has 2 aromatic carbocycles. The topological polar surface area (TPSA) is 17.1 Å². The summed E-state index contributed by atoms with van der Waals surface area (Å²) < 4.78 is 1.11. The van der Waals surface area contributed by atoms with E-state index in [9.17, 15) is 4.79 Å². The predicted molar refractivity (Wildman–Crippen MR) is 101 cm³/mol. The van der Waals surface area contributed by atoms with Crippen LogP contribution in [-0.4, -0.2) is 5.78 Å². The van der Waals surface area contributed by atoms with Crippen LogP contribution in [0.1, 0.15) is 54.4 Å². The van der Waals surface area contributed by atoms with E-state index in [1.54, 1.807) is 0 Å². The van der Waals surface area contributed by atoms with Crippen LogP contribution in [0, 0.1) is 0 Å². The summed E-state index contributed by atoms with van der Waals surface area (Å²) in [6.45, 7) is 2.19. The number of halogens is 1. The number of benzene rings is 2. The van der Waals surface area contributed by atoms with Gasteiger partial charge in [0.05, 0.1) is 0 Å². The minimum Gasteiger partial charge on any atom is -0.294 e. The molecule has 0 spiro atoms. The average Bonchev–Trinajstić information content (AvgIpc) is 2.61. The van der Waals surface area contributed by atoms with Crippen molar-refractivity contribution >= 4 is 21.7 Å². The Labute approximate surface area is 147 Å². The lowest BCUT2D eigenvalue weighted by Gasteiger charge is -2.17. The molecule has 1 nitrogen and oxygen atoms in total. The Morgan fingerprint density at radius 2 is 1.65 bits per heavy atom. The number of ketones is 1. The van der Waals surface area contributed by atoms with E-state index in [0.29, 0.717) is 6.42 Å². The lowest BCUT2D eigenvalue weighted by molar-refractivity contribution is 0.0978. The van der Waals surface area contributed by atoms with E-state index in [2.05, 4.69) is 41.1 Å². The molecule has 0 N–H and O–H groups in total. The van der Waals surface area contributed by atoms with Gasteiger partial charge in [-0.1, -0.05) is 102 Å². The van der Waals surface area contributed by atoms with Crippen molar-refractivity contribution in [1.29, 1.82) is 0 Å². The molecule has 120 valence electrons. The van der Waals surface area contributed by atoms with Gasteiger partial charge in [-0.25, -0.2) is 0 Å². The Morgan fingerprint density at radius 3 is 2.26 bits per heavy atom. The van der Waals surface area contributed by atoms with Crippen LogP contribution >= 0.6 is 15.9 Å². The van der Waals surface area contributed by atoms with Crippen LogP contribution in [0.15, 0.2) is 71.2 Å². The van der Waals surface area contributed by atoms with Crippen molar-refractivity contribution in [2.75, 3.05) is 0 Å². The number of hydrogen-bond donors (Lipinski definition) is 0. The number of hydrogen-bond acceptors (Lipinski definition) is 1. The zero-order chi connectivity index (χ0) is 16.5. The van der Waals surface area contributed by atoms with Gasteiger partial charge in [0.1, 0.15) is 0 Å². The molecule has 2 rings (SSSR count). The van der Waals surface area contributed by atoms with Crippen molar-refractivity contribution in [1.82, 2.24) is 0 Å². The van der Waals surface area contributed by atoms with Gasteiger partial charge in [-0.15, -0.1) is 0 Å². The SMILES string of the molecule is CCCC/C=C(\Br)[C@H](CC(=O)c1ccccc1)c1ccccc1. The van der Waals surface area contributed by atoms with Crippen LogP contribution in [0.3, 0.4) is 0 Å². The normalized spacial score (nSPS) is 12.9. The fourth-order valence-electron chi connectivity index (χ4n) is 2.57. The number of Topliss-reactive ketones (excluding diaryl/α,β-unsaturated/α-hetero) is 1. The minimum atomic E-state index is 0.0840. The summed E-state index contributed by atoms with van der Waals surface area (Å²) in [5.74, 6) is 0.265. The molecule has 0 saturated heterocycles. The van der Waals surface area contributed by atoms with Gasteiger partial charge in [0.25, 0.3) is 0 Å².